The summed E-state index contributed by atoms with van der Waals surface area (Å²) in [6.07, 6.45) is 1.97. The van der Waals surface area contributed by atoms with Crippen molar-refractivity contribution in [2.75, 3.05) is 7.05 Å². The van der Waals surface area contributed by atoms with Crippen molar-refractivity contribution in [3.05, 3.63) is 41.3 Å². The van der Waals surface area contributed by atoms with Crippen LogP contribution >= 0.6 is 0 Å². The second-order valence-electron chi connectivity index (χ2n) is 4.78. The third kappa shape index (κ3) is 2.59. The van der Waals surface area contributed by atoms with Crippen molar-refractivity contribution in [2.24, 2.45) is 0 Å². The molecule has 0 atom stereocenters. The monoisotopic (exact) mass is 244 g/mol. The lowest BCUT2D eigenvalue weighted by Crippen LogP contribution is -2.09. The topological polar surface area (TPSA) is 42.7 Å². The molecule has 0 aromatic carbocycles. The summed E-state index contributed by atoms with van der Waals surface area (Å²) in [6, 6.07) is 6.16. The molecule has 0 saturated carbocycles. The van der Waals surface area contributed by atoms with Gasteiger partial charge in [0.15, 0.2) is 5.82 Å². The van der Waals surface area contributed by atoms with E-state index in [2.05, 4.69) is 35.3 Å². The van der Waals surface area contributed by atoms with Gasteiger partial charge in [0.25, 0.3) is 0 Å². The zero-order valence-corrected chi connectivity index (χ0v) is 11.4. The standard InChI is InChI=1S/C14H20N4/c1-10(2)13-7-8-18(17-13)14-6-5-12(9-15-4)11(3)16-14/h5-8,10,15H,9H2,1-4H3. The molecule has 0 spiro atoms. The Kier molecular flexibility index (Phi) is 3.77. The molecule has 4 nitrogen and oxygen atoms in total. The van der Waals surface area contributed by atoms with Crippen molar-refractivity contribution in [2.45, 2.75) is 33.2 Å². The number of rotatable bonds is 4. The van der Waals surface area contributed by atoms with E-state index in [1.165, 1.54) is 5.56 Å². The van der Waals surface area contributed by atoms with E-state index in [9.17, 15) is 0 Å². The molecule has 2 aromatic heterocycles. The van der Waals surface area contributed by atoms with Crippen LogP contribution in [0.5, 0.6) is 0 Å². The third-order valence-electron chi connectivity index (χ3n) is 2.98. The van der Waals surface area contributed by atoms with E-state index < -0.39 is 0 Å². The molecule has 0 unspecified atom stereocenters. The largest absolute Gasteiger partial charge is 0.316 e. The lowest BCUT2D eigenvalue weighted by Gasteiger charge is -2.07. The van der Waals surface area contributed by atoms with Crippen LogP contribution in [0.1, 0.15) is 36.7 Å². The van der Waals surface area contributed by atoms with Crippen LogP contribution in [-0.2, 0) is 6.54 Å². The first-order valence-corrected chi connectivity index (χ1v) is 6.29. The Morgan fingerprint density at radius 3 is 2.61 bits per heavy atom. The predicted octanol–water partition coefficient (Wildman–Crippen LogP) is 2.42. The van der Waals surface area contributed by atoms with Gasteiger partial charge in [-0.05, 0) is 37.6 Å². The summed E-state index contributed by atoms with van der Waals surface area (Å²) < 4.78 is 1.84. The summed E-state index contributed by atoms with van der Waals surface area (Å²) in [5, 5.41) is 7.68. The molecule has 0 aliphatic carbocycles. The van der Waals surface area contributed by atoms with Gasteiger partial charge in [0, 0.05) is 18.4 Å². The summed E-state index contributed by atoms with van der Waals surface area (Å²) in [7, 11) is 1.94. The highest BCUT2D eigenvalue weighted by Gasteiger charge is 2.07. The maximum absolute atomic E-state index is 4.60. The van der Waals surface area contributed by atoms with Crippen molar-refractivity contribution in [1.82, 2.24) is 20.1 Å². The van der Waals surface area contributed by atoms with Gasteiger partial charge in [0.2, 0.25) is 0 Å². The van der Waals surface area contributed by atoms with Gasteiger partial charge in [-0.3, -0.25) is 0 Å². The van der Waals surface area contributed by atoms with Crippen LogP contribution in [0.4, 0.5) is 0 Å². The first-order valence-electron chi connectivity index (χ1n) is 6.29. The van der Waals surface area contributed by atoms with Gasteiger partial charge in [-0.1, -0.05) is 19.9 Å². The number of pyridine rings is 1. The molecule has 0 saturated heterocycles. The number of aromatic nitrogens is 3. The van der Waals surface area contributed by atoms with Crippen LogP contribution in [0, 0.1) is 6.92 Å². The Labute approximate surface area is 108 Å². The minimum Gasteiger partial charge on any atom is -0.316 e. The summed E-state index contributed by atoms with van der Waals surface area (Å²) >= 11 is 0. The Hall–Kier alpha value is -1.68. The summed E-state index contributed by atoms with van der Waals surface area (Å²) in [5.74, 6) is 1.31. The molecule has 0 aliphatic rings. The van der Waals surface area contributed by atoms with E-state index in [0.717, 1.165) is 23.8 Å². The van der Waals surface area contributed by atoms with Crippen molar-refractivity contribution < 1.29 is 0 Å². The average molecular weight is 244 g/mol. The van der Waals surface area contributed by atoms with E-state index >= 15 is 0 Å². The van der Waals surface area contributed by atoms with Crippen LogP contribution in [0.15, 0.2) is 24.4 Å². The van der Waals surface area contributed by atoms with Gasteiger partial charge in [-0.25, -0.2) is 9.67 Å². The van der Waals surface area contributed by atoms with E-state index in [-0.39, 0.29) is 0 Å². The van der Waals surface area contributed by atoms with Gasteiger partial charge in [0.05, 0.1) is 5.69 Å². The lowest BCUT2D eigenvalue weighted by molar-refractivity contribution is 0.750. The van der Waals surface area contributed by atoms with Crippen LogP contribution < -0.4 is 5.32 Å². The molecule has 0 aliphatic heterocycles. The number of hydrogen-bond acceptors (Lipinski definition) is 3. The first kappa shape index (κ1) is 12.8. The number of hydrogen-bond donors (Lipinski definition) is 1. The van der Waals surface area contributed by atoms with Gasteiger partial charge < -0.3 is 5.32 Å². The van der Waals surface area contributed by atoms with Gasteiger partial charge in [0.1, 0.15) is 0 Å². The fraction of sp³-hybridized carbons (Fsp3) is 0.429. The Balaban J connectivity index is 2.30. The van der Waals surface area contributed by atoms with Crippen LogP contribution in [-0.4, -0.2) is 21.8 Å². The molecule has 4 heteroatoms. The molecule has 2 aromatic rings. The molecule has 2 heterocycles. The smallest absolute Gasteiger partial charge is 0.153 e. The quantitative estimate of drug-likeness (QED) is 0.898. The highest BCUT2D eigenvalue weighted by molar-refractivity contribution is 5.30. The van der Waals surface area contributed by atoms with Gasteiger partial charge >= 0.3 is 0 Å². The van der Waals surface area contributed by atoms with E-state index in [1.807, 2.05) is 37.0 Å². The van der Waals surface area contributed by atoms with Gasteiger partial charge in [-0.2, -0.15) is 5.10 Å². The van der Waals surface area contributed by atoms with Crippen molar-refractivity contribution in [3.8, 4) is 5.82 Å². The molecule has 0 amide bonds. The molecular weight excluding hydrogens is 224 g/mol. The van der Waals surface area contributed by atoms with Gasteiger partial charge in [-0.15, -0.1) is 0 Å². The predicted molar refractivity (Wildman–Crippen MR) is 72.9 cm³/mol. The molecule has 1 N–H and O–H groups in total. The second-order valence-corrected chi connectivity index (χ2v) is 4.78. The normalized spacial score (nSPS) is 11.2. The molecule has 0 radical (unpaired) electrons. The van der Waals surface area contributed by atoms with Crippen LogP contribution in [0.25, 0.3) is 5.82 Å². The van der Waals surface area contributed by atoms with E-state index in [4.69, 9.17) is 0 Å². The molecule has 0 bridgehead atoms. The molecule has 0 fully saturated rings. The minimum atomic E-state index is 0.441. The molecule has 18 heavy (non-hydrogen) atoms. The van der Waals surface area contributed by atoms with Crippen LogP contribution in [0.2, 0.25) is 0 Å². The van der Waals surface area contributed by atoms with E-state index in [0.29, 0.717) is 5.92 Å². The molecule has 96 valence electrons. The first-order chi connectivity index (χ1) is 8.61. The zero-order valence-electron chi connectivity index (χ0n) is 11.4. The maximum Gasteiger partial charge on any atom is 0.153 e. The van der Waals surface area contributed by atoms with Crippen LogP contribution in [0.3, 0.4) is 0 Å². The second kappa shape index (κ2) is 5.31. The fourth-order valence-electron chi connectivity index (χ4n) is 1.86. The maximum atomic E-state index is 4.60. The zero-order chi connectivity index (χ0) is 13.1. The van der Waals surface area contributed by atoms with Crippen molar-refractivity contribution in [3.63, 3.8) is 0 Å². The lowest BCUT2D eigenvalue weighted by atomic mass is 10.1. The summed E-state index contributed by atoms with van der Waals surface area (Å²) in [5.41, 5.74) is 3.36. The summed E-state index contributed by atoms with van der Waals surface area (Å²) in [4.78, 5) is 4.60. The van der Waals surface area contributed by atoms with E-state index in [1.54, 1.807) is 0 Å². The van der Waals surface area contributed by atoms with Crippen molar-refractivity contribution >= 4 is 0 Å². The average Bonchev–Trinajstić information content (AvgIpc) is 2.81. The number of aryl methyl sites for hydroxylation is 1. The minimum absolute atomic E-state index is 0.441. The van der Waals surface area contributed by atoms with Crippen molar-refractivity contribution in [1.29, 1.82) is 0 Å². The Morgan fingerprint density at radius 1 is 1.28 bits per heavy atom. The fourth-order valence-corrected chi connectivity index (χ4v) is 1.86. The third-order valence-corrected chi connectivity index (χ3v) is 2.98. The Morgan fingerprint density at radius 2 is 2.06 bits per heavy atom. The number of nitrogens with zero attached hydrogens (tertiary/aromatic N) is 3. The Bertz CT molecular complexity index is 528. The highest BCUT2D eigenvalue weighted by Crippen LogP contribution is 2.14. The molecule has 2 rings (SSSR count). The highest BCUT2D eigenvalue weighted by atomic mass is 15.3. The summed E-state index contributed by atoms with van der Waals surface area (Å²) in [6.45, 7) is 7.15. The SMILES string of the molecule is CNCc1ccc(-n2ccc(C(C)C)n2)nc1C. The molecular formula is C14H20N4. The number of nitrogens with one attached hydrogen (secondary N) is 1.